The molecule has 3 aliphatic heterocycles. The molecule has 3 saturated carbocycles. The minimum atomic E-state index is -1.58. The molecule has 0 radical (unpaired) electrons. The Labute approximate surface area is 375 Å². The first-order valence-corrected chi connectivity index (χ1v) is 23.5. The van der Waals surface area contributed by atoms with Crippen molar-refractivity contribution in [3.8, 4) is 23.3 Å². The van der Waals surface area contributed by atoms with E-state index < -0.39 is 47.7 Å². The second kappa shape index (κ2) is 18.1. The Morgan fingerprint density at radius 2 is 1.70 bits per heavy atom. The normalized spacial score (nSPS) is 32.5. The van der Waals surface area contributed by atoms with Crippen LogP contribution >= 0.6 is 0 Å². The summed E-state index contributed by atoms with van der Waals surface area (Å²) in [4.78, 5) is 42.8. The van der Waals surface area contributed by atoms with Gasteiger partial charge in [0.15, 0.2) is 0 Å². The molecule has 0 aromatic heterocycles. The van der Waals surface area contributed by atoms with Gasteiger partial charge in [0.05, 0.1) is 31.2 Å². The highest BCUT2D eigenvalue weighted by atomic mass is 16.6. The molecule has 9 rings (SSSR count). The Morgan fingerprint density at radius 3 is 2.48 bits per heavy atom. The molecule has 11 nitrogen and oxygen atoms in total. The van der Waals surface area contributed by atoms with Crippen LogP contribution in [0.5, 0.6) is 11.5 Å². The van der Waals surface area contributed by atoms with Crippen molar-refractivity contribution in [2.75, 3.05) is 11.9 Å². The number of ketones is 1. The Bertz CT molecular complexity index is 2410. The number of aliphatic hydroxyl groups excluding tert-OH is 3. The molecule has 11 heteroatoms. The number of phenolic OH excluding ortho intramolecular Hbond substituents is 1. The standard InChI is InChI=1S/C53H61NO10/c1-3-41-50(60)37-24-42-34(26-49(59)64-51(41)42)12-11-33(36-16-32(28-55)17-39(21-36)54-27-29(2)56)20-38-22-40(57)18-30-7-6-8-31(15-30)19-44-43-23-35-9-4-5-10-45(35)53(62,46(43)13-14-47(44)58)48(25-37)63-52(38)61/h6-8,15-17,21-22,24,29,33-35,40,43-46,48,54-57,60,62H,3-5,9-10,13-14,18-20,23,25-28H2,1-2H3/b38-22-/t29-,33-,34+,35-,40+,43+,44-,45+,46+,48+,53-/m0/s1. The largest absolute Gasteiger partial charge is 0.507 e. The lowest BCUT2D eigenvalue weighted by molar-refractivity contribution is -0.228. The quantitative estimate of drug-likeness (QED) is 0.0902. The Morgan fingerprint density at radius 1 is 0.922 bits per heavy atom. The fourth-order valence-electron chi connectivity index (χ4n) is 12.5. The van der Waals surface area contributed by atoms with Crippen molar-refractivity contribution in [1.29, 1.82) is 0 Å². The fraction of sp³-hybridized carbons (Fsp3) is 0.528. The zero-order valence-corrected chi connectivity index (χ0v) is 36.9. The van der Waals surface area contributed by atoms with Crippen LogP contribution in [-0.2, 0) is 51.4 Å². The number of hydrogen-bond donors (Lipinski definition) is 6. The topological polar surface area (TPSA) is 183 Å². The van der Waals surface area contributed by atoms with Crippen LogP contribution in [-0.4, -0.2) is 73.7 Å². The third kappa shape index (κ3) is 8.51. The maximum atomic E-state index is 15.3. The number of esters is 2. The van der Waals surface area contributed by atoms with Crippen LogP contribution in [0, 0.1) is 41.4 Å². The molecule has 338 valence electrons. The molecule has 0 amide bonds. The predicted octanol–water partition coefficient (Wildman–Crippen LogP) is 6.52. The summed E-state index contributed by atoms with van der Waals surface area (Å²) in [6.45, 7) is 3.50. The number of aliphatic hydroxyl groups is 4. The zero-order valence-electron chi connectivity index (χ0n) is 36.9. The van der Waals surface area contributed by atoms with Gasteiger partial charge in [-0.05, 0) is 121 Å². The van der Waals surface area contributed by atoms with Gasteiger partial charge in [0, 0.05) is 60.0 Å². The minimum absolute atomic E-state index is 0.0272. The molecule has 10 bridgehead atoms. The number of aromatic hydroxyl groups is 1. The highest BCUT2D eigenvalue weighted by molar-refractivity contribution is 5.89. The molecule has 0 saturated heterocycles. The van der Waals surface area contributed by atoms with E-state index in [2.05, 4.69) is 17.2 Å². The molecule has 64 heavy (non-hydrogen) atoms. The number of phenols is 1. The first-order valence-electron chi connectivity index (χ1n) is 23.5. The van der Waals surface area contributed by atoms with Gasteiger partial charge in [-0.1, -0.05) is 68.4 Å². The van der Waals surface area contributed by atoms with Gasteiger partial charge < -0.3 is 40.3 Å². The third-order valence-corrected chi connectivity index (χ3v) is 15.4. The predicted molar refractivity (Wildman–Crippen MR) is 239 cm³/mol. The average Bonchev–Trinajstić information content (AvgIpc) is 3.28. The maximum Gasteiger partial charge on any atom is 0.334 e. The van der Waals surface area contributed by atoms with Crippen molar-refractivity contribution in [1.82, 2.24) is 0 Å². The van der Waals surface area contributed by atoms with Crippen molar-refractivity contribution >= 4 is 23.4 Å². The lowest BCUT2D eigenvalue weighted by Gasteiger charge is -2.59. The summed E-state index contributed by atoms with van der Waals surface area (Å²) in [5.74, 6) is 3.57. The van der Waals surface area contributed by atoms with Crippen molar-refractivity contribution in [2.24, 2.45) is 29.6 Å². The SMILES string of the molecule is CCc1c(O)c2cc3c1OC(=O)C[C@H]3C#C[C@H](c1cc(CO)cc(NC[C@H](C)O)c1)C/C1=C/[C@H](O)Cc3cccc(c3)C[C@@H]3C(=O)CC[C@@H]4[C@@H]3C[C@@H]3CCCC[C@H]3[C@@]4(O)[C@@H](C2)OC1=O. The number of carbonyl (C=O) groups is 3. The molecule has 3 fully saturated rings. The van der Waals surface area contributed by atoms with Crippen LogP contribution in [0.3, 0.4) is 0 Å². The molecule has 6 aliphatic rings. The van der Waals surface area contributed by atoms with Gasteiger partial charge in [0.2, 0.25) is 0 Å². The van der Waals surface area contributed by atoms with E-state index >= 15 is 4.79 Å². The number of nitrogens with one attached hydrogen (secondary N) is 1. The number of benzene rings is 3. The molecular weight excluding hydrogens is 811 g/mol. The molecule has 0 unspecified atom stereocenters. The van der Waals surface area contributed by atoms with Crippen molar-refractivity contribution in [3.05, 3.63) is 99.1 Å². The van der Waals surface area contributed by atoms with E-state index in [-0.39, 0.29) is 91.3 Å². The summed E-state index contributed by atoms with van der Waals surface area (Å²) >= 11 is 0. The summed E-state index contributed by atoms with van der Waals surface area (Å²) < 4.78 is 12.7. The average molecular weight is 872 g/mol. The monoisotopic (exact) mass is 871 g/mol. The van der Waals surface area contributed by atoms with Gasteiger partial charge in [0.25, 0.3) is 0 Å². The van der Waals surface area contributed by atoms with Crippen LogP contribution in [0.15, 0.2) is 60.2 Å². The molecule has 11 atom stereocenters. The van der Waals surface area contributed by atoms with Gasteiger partial charge in [-0.15, -0.1) is 0 Å². The molecule has 3 aromatic carbocycles. The molecule has 0 spiro atoms. The first kappa shape index (κ1) is 44.2. The summed E-state index contributed by atoms with van der Waals surface area (Å²) in [6, 6.07) is 15.2. The first-order chi connectivity index (χ1) is 30.8. The lowest BCUT2D eigenvalue weighted by Crippen LogP contribution is -2.65. The van der Waals surface area contributed by atoms with Crippen LogP contribution < -0.4 is 10.1 Å². The molecule has 3 aliphatic carbocycles. The van der Waals surface area contributed by atoms with E-state index in [4.69, 9.17) is 9.47 Å². The van der Waals surface area contributed by atoms with Crippen LogP contribution in [0.1, 0.15) is 122 Å². The van der Waals surface area contributed by atoms with Crippen LogP contribution in [0.4, 0.5) is 5.69 Å². The number of carbonyl (C=O) groups excluding carboxylic acids is 3. The van der Waals surface area contributed by atoms with E-state index in [9.17, 15) is 35.1 Å². The van der Waals surface area contributed by atoms with Gasteiger partial charge in [0.1, 0.15) is 29.0 Å². The molecule has 3 heterocycles. The van der Waals surface area contributed by atoms with E-state index in [1.807, 2.05) is 43.3 Å². The highest BCUT2D eigenvalue weighted by Crippen LogP contribution is 2.59. The maximum absolute atomic E-state index is 15.3. The smallest absolute Gasteiger partial charge is 0.334 e. The Balaban J connectivity index is 1.28. The fourth-order valence-corrected chi connectivity index (χ4v) is 12.5. The number of anilines is 1. The number of Topliss-reactive ketones (excluding diaryl/α,β-unsaturated/α-hetero) is 1. The van der Waals surface area contributed by atoms with Gasteiger partial charge in [-0.2, -0.15) is 0 Å². The van der Waals surface area contributed by atoms with Gasteiger partial charge >= 0.3 is 11.9 Å². The van der Waals surface area contributed by atoms with Gasteiger partial charge in [-0.3, -0.25) is 9.59 Å². The second-order valence-electron chi connectivity index (χ2n) is 19.5. The molecule has 6 N–H and O–H groups in total. The second-order valence-corrected chi connectivity index (χ2v) is 19.5. The van der Waals surface area contributed by atoms with Crippen molar-refractivity contribution < 1.29 is 49.4 Å². The summed E-state index contributed by atoms with van der Waals surface area (Å²) in [7, 11) is 0. The Hall–Kier alpha value is -4.99. The Kier molecular flexibility index (Phi) is 12.5. The van der Waals surface area contributed by atoms with Crippen LogP contribution in [0.2, 0.25) is 0 Å². The van der Waals surface area contributed by atoms with Crippen LogP contribution in [0.25, 0.3) is 0 Å². The number of hydrogen-bond acceptors (Lipinski definition) is 11. The van der Waals surface area contributed by atoms with E-state index in [1.54, 1.807) is 19.1 Å². The van der Waals surface area contributed by atoms with Crippen molar-refractivity contribution in [3.63, 3.8) is 0 Å². The number of fused-ring (bicyclic) bond motifs is 9. The number of ether oxygens (including phenoxy) is 2. The van der Waals surface area contributed by atoms with Crippen molar-refractivity contribution in [2.45, 2.75) is 140 Å². The van der Waals surface area contributed by atoms with E-state index in [0.29, 0.717) is 59.2 Å². The summed E-state index contributed by atoms with van der Waals surface area (Å²) in [5, 5.41) is 61.8. The van der Waals surface area contributed by atoms with E-state index in [1.165, 1.54) is 6.08 Å². The lowest BCUT2D eigenvalue weighted by atomic mass is 9.48. The summed E-state index contributed by atoms with van der Waals surface area (Å²) in [5.41, 5.74) is 3.78. The molecule has 3 aromatic rings. The minimum Gasteiger partial charge on any atom is -0.507 e. The number of rotatable bonds is 6. The summed E-state index contributed by atoms with van der Waals surface area (Å²) in [6.07, 6.45) is 4.57. The molecular formula is C53H61NO10. The van der Waals surface area contributed by atoms with E-state index in [0.717, 1.165) is 43.2 Å². The highest BCUT2D eigenvalue weighted by Gasteiger charge is 2.62. The zero-order chi connectivity index (χ0) is 44.9. The van der Waals surface area contributed by atoms with Gasteiger partial charge in [-0.25, -0.2) is 4.79 Å². The third-order valence-electron chi connectivity index (χ3n) is 15.4.